The molecule has 0 saturated heterocycles. The molecule has 7 heteroatoms. The number of carbonyl (C=O) groups is 2. The third-order valence-electron chi connectivity index (χ3n) is 6.13. The number of hydrogen-bond acceptors (Lipinski definition) is 5. The molecule has 3 aromatic rings. The summed E-state index contributed by atoms with van der Waals surface area (Å²) in [5.41, 5.74) is 1.79. The van der Waals surface area contributed by atoms with E-state index >= 15 is 0 Å². The number of para-hydroxylation sites is 1. The minimum atomic E-state index is -0.476. The maximum Gasteiger partial charge on any atom is 0.348 e. The smallest absolute Gasteiger partial charge is 0.348 e. The molecule has 0 bridgehead atoms. The Balaban J connectivity index is 1.42. The first-order chi connectivity index (χ1) is 14.4. The van der Waals surface area contributed by atoms with Crippen LogP contribution in [0.15, 0.2) is 36.4 Å². The maximum absolute atomic E-state index is 12.6. The summed E-state index contributed by atoms with van der Waals surface area (Å²) in [6, 6.07) is 11.8. The molecule has 158 valence electrons. The van der Waals surface area contributed by atoms with Gasteiger partial charge in [0.15, 0.2) is 6.61 Å². The molecule has 0 spiro atoms. The third kappa shape index (κ3) is 4.12. The Kier molecular flexibility index (Phi) is 5.90. The zero-order valence-corrected chi connectivity index (χ0v) is 18.4. The SMILES string of the molecule is Cc1nn(-c2ccccc2)c2sc(C(=O)OCC(=O)N[C@@H]3CCC[C@H](C)[C@@H]3C)cc12. The molecule has 0 radical (unpaired) electrons. The predicted octanol–water partition coefficient (Wildman–Crippen LogP) is 4.49. The first-order valence-corrected chi connectivity index (χ1v) is 11.3. The molecule has 1 aromatic carbocycles. The lowest BCUT2D eigenvalue weighted by Gasteiger charge is -2.34. The van der Waals surface area contributed by atoms with Crippen LogP contribution in [0.4, 0.5) is 0 Å². The number of amides is 1. The van der Waals surface area contributed by atoms with Gasteiger partial charge in [0, 0.05) is 11.4 Å². The predicted molar refractivity (Wildman–Crippen MR) is 118 cm³/mol. The molecule has 2 heterocycles. The van der Waals surface area contributed by atoms with Gasteiger partial charge in [-0.3, -0.25) is 4.79 Å². The molecule has 1 aliphatic rings. The van der Waals surface area contributed by atoms with Crippen molar-refractivity contribution in [3.05, 3.63) is 47.0 Å². The van der Waals surface area contributed by atoms with Gasteiger partial charge in [0.2, 0.25) is 0 Å². The number of carbonyl (C=O) groups excluding carboxylic acids is 2. The zero-order chi connectivity index (χ0) is 21.3. The fraction of sp³-hybridized carbons (Fsp3) is 0.435. The summed E-state index contributed by atoms with van der Waals surface area (Å²) >= 11 is 1.33. The van der Waals surface area contributed by atoms with E-state index in [0.717, 1.165) is 34.4 Å². The Labute approximate surface area is 180 Å². The summed E-state index contributed by atoms with van der Waals surface area (Å²) in [5.74, 6) is 0.319. The van der Waals surface area contributed by atoms with Gasteiger partial charge in [0.25, 0.3) is 5.91 Å². The van der Waals surface area contributed by atoms with Gasteiger partial charge < -0.3 is 10.1 Å². The number of fused-ring (bicyclic) bond motifs is 1. The second-order valence-electron chi connectivity index (χ2n) is 8.18. The lowest BCUT2D eigenvalue weighted by atomic mass is 9.78. The van der Waals surface area contributed by atoms with Crippen molar-refractivity contribution in [2.24, 2.45) is 11.8 Å². The van der Waals surface area contributed by atoms with Gasteiger partial charge in [-0.05, 0) is 43.4 Å². The van der Waals surface area contributed by atoms with Crippen molar-refractivity contribution < 1.29 is 14.3 Å². The van der Waals surface area contributed by atoms with E-state index in [1.54, 1.807) is 6.07 Å². The molecule has 4 rings (SSSR count). The minimum Gasteiger partial charge on any atom is -0.451 e. The number of hydrogen-bond donors (Lipinski definition) is 1. The summed E-state index contributed by atoms with van der Waals surface area (Å²) in [6.07, 6.45) is 3.31. The van der Waals surface area contributed by atoms with Crippen LogP contribution >= 0.6 is 11.3 Å². The first kappa shape index (κ1) is 20.6. The van der Waals surface area contributed by atoms with Crippen molar-refractivity contribution in [3.63, 3.8) is 0 Å². The fourth-order valence-corrected chi connectivity index (χ4v) is 5.21. The summed E-state index contributed by atoms with van der Waals surface area (Å²) in [6.45, 7) is 6.07. The van der Waals surface area contributed by atoms with E-state index in [9.17, 15) is 9.59 Å². The van der Waals surface area contributed by atoms with E-state index in [1.165, 1.54) is 17.8 Å². The Hall–Kier alpha value is -2.67. The molecular formula is C23H27N3O3S. The van der Waals surface area contributed by atoms with E-state index in [1.807, 2.05) is 41.9 Å². The monoisotopic (exact) mass is 425 g/mol. The van der Waals surface area contributed by atoms with Crippen LogP contribution in [0.1, 0.15) is 48.5 Å². The summed E-state index contributed by atoms with van der Waals surface area (Å²) < 4.78 is 7.15. The molecule has 2 aromatic heterocycles. The molecule has 6 nitrogen and oxygen atoms in total. The number of aromatic nitrogens is 2. The van der Waals surface area contributed by atoms with Crippen LogP contribution in [-0.2, 0) is 9.53 Å². The van der Waals surface area contributed by atoms with Crippen molar-refractivity contribution in [3.8, 4) is 5.69 Å². The molecule has 0 aliphatic heterocycles. The number of nitrogens with zero attached hydrogens (tertiary/aromatic N) is 2. The first-order valence-electron chi connectivity index (χ1n) is 10.4. The number of nitrogens with one attached hydrogen (secondary N) is 1. The minimum absolute atomic E-state index is 0.156. The van der Waals surface area contributed by atoms with E-state index in [2.05, 4.69) is 24.3 Å². The zero-order valence-electron chi connectivity index (χ0n) is 17.6. The van der Waals surface area contributed by atoms with Gasteiger partial charge in [-0.1, -0.05) is 44.9 Å². The number of aryl methyl sites for hydroxylation is 1. The topological polar surface area (TPSA) is 73.2 Å². The van der Waals surface area contributed by atoms with E-state index in [4.69, 9.17) is 4.74 Å². The molecule has 1 N–H and O–H groups in total. The van der Waals surface area contributed by atoms with Crippen LogP contribution < -0.4 is 5.32 Å². The van der Waals surface area contributed by atoms with E-state index in [-0.39, 0.29) is 18.6 Å². The van der Waals surface area contributed by atoms with E-state index < -0.39 is 5.97 Å². The van der Waals surface area contributed by atoms with E-state index in [0.29, 0.717) is 16.7 Å². The van der Waals surface area contributed by atoms with Crippen molar-refractivity contribution in [1.82, 2.24) is 15.1 Å². The highest BCUT2D eigenvalue weighted by Gasteiger charge is 2.28. The number of thiophene rings is 1. The van der Waals surface area contributed by atoms with Crippen LogP contribution in [0.25, 0.3) is 15.9 Å². The molecule has 0 unspecified atom stereocenters. The molecule has 1 fully saturated rings. The number of benzene rings is 1. The lowest BCUT2D eigenvalue weighted by Crippen LogP contribution is -2.45. The van der Waals surface area contributed by atoms with Gasteiger partial charge in [-0.15, -0.1) is 11.3 Å². The fourth-order valence-electron chi connectivity index (χ4n) is 4.13. The normalized spacial score (nSPS) is 21.5. The third-order valence-corrected chi connectivity index (χ3v) is 7.22. The van der Waals surface area contributed by atoms with Crippen LogP contribution in [0.3, 0.4) is 0 Å². The van der Waals surface area contributed by atoms with Crippen molar-refractivity contribution in [2.75, 3.05) is 6.61 Å². The Morgan fingerprint density at radius 1 is 1.23 bits per heavy atom. The molecule has 30 heavy (non-hydrogen) atoms. The summed E-state index contributed by atoms with van der Waals surface area (Å²) in [5, 5.41) is 8.55. The van der Waals surface area contributed by atoms with Crippen LogP contribution in [0.5, 0.6) is 0 Å². The number of rotatable bonds is 5. The Morgan fingerprint density at radius 3 is 2.77 bits per heavy atom. The van der Waals surface area contributed by atoms with Crippen molar-refractivity contribution in [2.45, 2.75) is 46.1 Å². The summed E-state index contributed by atoms with van der Waals surface area (Å²) in [4.78, 5) is 26.2. The maximum atomic E-state index is 12.6. The highest BCUT2D eigenvalue weighted by molar-refractivity contribution is 7.20. The van der Waals surface area contributed by atoms with Crippen LogP contribution in [-0.4, -0.2) is 34.3 Å². The van der Waals surface area contributed by atoms with Crippen molar-refractivity contribution in [1.29, 1.82) is 0 Å². The molecule has 3 atom stereocenters. The average molecular weight is 426 g/mol. The van der Waals surface area contributed by atoms with Gasteiger partial charge in [0.1, 0.15) is 9.71 Å². The van der Waals surface area contributed by atoms with Crippen LogP contribution in [0.2, 0.25) is 0 Å². The average Bonchev–Trinajstić information content (AvgIpc) is 3.31. The van der Waals surface area contributed by atoms with Crippen LogP contribution in [0, 0.1) is 18.8 Å². The largest absolute Gasteiger partial charge is 0.451 e. The Bertz CT molecular complexity index is 1060. The van der Waals surface area contributed by atoms with Gasteiger partial charge >= 0.3 is 5.97 Å². The second kappa shape index (κ2) is 8.60. The quantitative estimate of drug-likeness (QED) is 0.611. The Morgan fingerprint density at radius 2 is 2.00 bits per heavy atom. The molecule has 1 saturated carbocycles. The molecular weight excluding hydrogens is 398 g/mol. The van der Waals surface area contributed by atoms with Gasteiger partial charge in [-0.25, -0.2) is 9.48 Å². The second-order valence-corrected chi connectivity index (χ2v) is 9.21. The summed E-state index contributed by atoms with van der Waals surface area (Å²) in [7, 11) is 0. The highest BCUT2D eigenvalue weighted by atomic mass is 32.1. The number of ether oxygens (including phenoxy) is 1. The standard InChI is InChI=1S/C23H27N3O3S/c1-14-8-7-11-19(15(14)2)24-21(27)13-29-23(28)20-12-18-16(3)25-26(22(18)30-20)17-9-5-4-6-10-17/h4-6,9-10,12,14-15,19H,7-8,11,13H2,1-3H3,(H,24,27)/t14-,15-,19+/m0/s1. The lowest BCUT2D eigenvalue weighted by molar-refractivity contribution is -0.125. The highest BCUT2D eigenvalue weighted by Crippen LogP contribution is 2.31. The van der Waals surface area contributed by atoms with Crippen molar-refractivity contribution >= 4 is 33.4 Å². The molecule has 1 amide bonds. The van der Waals surface area contributed by atoms with Gasteiger partial charge in [-0.2, -0.15) is 5.10 Å². The number of esters is 1. The van der Waals surface area contributed by atoms with Gasteiger partial charge in [0.05, 0.1) is 11.4 Å². The molecule has 1 aliphatic carbocycles.